The molecule has 1 rings (SSSR count). The Hall–Kier alpha value is -1.25. The second-order valence-corrected chi connectivity index (χ2v) is 5.28. The Labute approximate surface area is 102 Å². The van der Waals surface area contributed by atoms with E-state index in [-0.39, 0.29) is 5.57 Å². The number of esters is 1. The molecule has 1 saturated carbocycles. The standard InChI is InChI=1S/C9H11F3O5S/c1-5(8(13)16-2)7(6-3-4-6)17-18(14,15)9(10,11)12/h6H,3-4H2,1-2H3. The van der Waals surface area contributed by atoms with Gasteiger partial charge in [0.25, 0.3) is 0 Å². The van der Waals surface area contributed by atoms with Crippen molar-refractivity contribution in [1.82, 2.24) is 0 Å². The average Bonchev–Trinajstić information content (AvgIpc) is 3.06. The minimum atomic E-state index is -5.75. The van der Waals surface area contributed by atoms with E-state index in [0.29, 0.717) is 12.8 Å². The molecule has 0 aliphatic heterocycles. The van der Waals surface area contributed by atoms with Crippen LogP contribution >= 0.6 is 0 Å². The Morgan fingerprint density at radius 2 is 1.78 bits per heavy atom. The largest absolute Gasteiger partial charge is 0.534 e. The minimum Gasteiger partial charge on any atom is -0.466 e. The molecule has 0 aromatic rings. The fourth-order valence-electron chi connectivity index (χ4n) is 1.20. The topological polar surface area (TPSA) is 69.7 Å². The van der Waals surface area contributed by atoms with Gasteiger partial charge >= 0.3 is 21.6 Å². The van der Waals surface area contributed by atoms with Crippen LogP contribution in [0.15, 0.2) is 11.3 Å². The van der Waals surface area contributed by atoms with Gasteiger partial charge < -0.3 is 8.92 Å². The second kappa shape index (κ2) is 4.79. The number of ether oxygens (including phenoxy) is 1. The van der Waals surface area contributed by atoms with E-state index in [9.17, 15) is 26.4 Å². The van der Waals surface area contributed by atoms with E-state index in [1.807, 2.05) is 0 Å². The monoisotopic (exact) mass is 288 g/mol. The van der Waals surface area contributed by atoms with Gasteiger partial charge in [-0.15, -0.1) is 0 Å². The number of hydrogen-bond acceptors (Lipinski definition) is 5. The summed E-state index contributed by atoms with van der Waals surface area (Å²) in [5, 5.41) is 0. The molecule has 18 heavy (non-hydrogen) atoms. The highest BCUT2D eigenvalue weighted by Gasteiger charge is 2.50. The van der Waals surface area contributed by atoms with Gasteiger partial charge in [0.05, 0.1) is 12.7 Å². The zero-order valence-corrected chi connectivity index (χ0v) is 10.4. The fourth-order valence-corrected chi connectivity index (χ4v) is 1.79. The molecule has 0 bridgehead atoms. The normalized spacial score (nSPS) is 18.1. The zero-order valence-electron chi connectivity index (χ0n) is 9.57. The fraction of sp³-hybridized carbons (Fsp3) is 0.667. The van der Waals surface area contributed by atoms with Gasteiger partial charge in [-0.25, -0.2) is 4.79 Å². The number of alkyl halides is 3. The summed E-state index contributed by atoms with van der Waals surface area (Å²) in [7, 11) is -4.72. The molecular weight excluding hydrogens is 277 g/mol. The lowest BCUT2D eigenvalue weighted by atomic mass is 10.2. The van der Waals surface area contributed by atoms with Crippen molar-refractivity contribution in [1.29, 1.82) is 0 Å². The number of carbonyl (C=O) groups excluding carboxylic acids is 1. The molecule has 1 fully saturated rings. The second-order valence-electron chi connectivity index (χ2n) is 3.74. The number of allylic oxidation sites excluding steroid dienone is 1. The molecule has 0 aromatic heterocycles. The van der Waals surface area contributed by atoms with Gasteiger partial charge in [0.1, 0.15) is 5.76 Å². The molecule has 1 aliphatic rings. The van der Waals surface area contributed by atoms with Crippen molar-refractivity contribution >= 4 is 16.1 Å². The first-order valence-electron chi connectivity index (χ1n) is 4.90. The molecule has 1 aliphatic carbocycles. The summed E-state index contributed by atoms with van der Waals surface area (Å²) in [5.74, 6) is -1.89. The maximum absolute atomic E-state index is 12.2. The molecule has 0 amide bonds. The van der Waals surface area contributed by atoms with Crippen LogP contribution in [0.2, 0.25) is 0 Å². The Balaban J connectivity index is 3.07. The van der Waals surface area contributed by atoms with Crippen molar-refractivity contribution in [2.75, 3.05) is 7.11 Å². The van der Waals surface area contributed by atoms with Crippen LogP contribution in [0.25, 0.3) is 0 Å². The summed E-state index contributed by atoms with van der Waals surface area (Å²) < 4.78 is 66.6. The molecule has 0 N–H and O–H groups in total. The maximum atomic E-state index is 12.2. The first kappa shape index (κ1) is 14.8. The SMILES string of the molecule is COC(=O)C(C)=C(OS(=O)(=O)C(F)(F)F)C1CC1. The number of rotatable bonds is 4. The summed E-state index contributed by atoms with van der Waals surface area (Å²) in [5.41, 5.74) is -5.79. The predicted molar refractivity (Wildman–Crippen MR) is 53.5 cm³/mol. The minimum absolute atomic E-state index is 0.271. The highest BCUT2D eigenvalue weighted by molar-refractivity contribution is 7.87. The van der Waals surface area contributed by atoms with E-state index in [2.05, 4.69) is 8.92 Å². The molecule has 5 nitrogen and oxygen atoms in total. The molecule has 0 atom stereocenters. The number of halogens is 3. The summed E-state index contributed by atoms with van der Waals surface area (Å²) in [6, 6.07) is 0. The van der Waals surface area contributed by atoms with Crippen molar-refractivity contribution in [3.8, 4) is 0 Å². The summed E-state index contributed by atoms with van der Waals surface area (Å²) in [6.45, 7) is 1.16. The Morgan fingerprint density at radius 3 is 2.11 bits per heavy atom. The van der Waals surface area contributed by atoms with Crippen LogP contribution in [0.4, 0.5) is 13.2 Å². The van der Waals surface area contributed by atoms with Crippen LogP contribution in [0.5, 0.6) is 0 Å². The van der Waals surface area contributed by atoms with Crippen LogP contribution in [0.3, 0.4) is 0 Å². The summed E-state index contributed by atoms with van der Waals surface area (Å²) in [4.78, 5) is 11.2. The lowest BCUT2D eigenvalue weighted by molar-refractivity contribution is -0.136. The van der Waals surface area contributed by atoms with Gasteiger partial charge in [0, 0.05) is 5.92 Å². The van der Waals surface area contributed by atoms with Crippen LogP contribution in [0, 0.1) is 5.92 Å². The summed E-state index contributed by atoms with van der Waals surface area (Å²) >= 11 is 0. The number of methoxy groups -OCH3 is 1. The van der Waals surface area contributed by atoms with Crippen LogP contribution in [-0.2, 0) is 23.8 Å². The number of carbonyl (C=O) groups is 1. The zero-order chi connectivity index (χ0) is 14.1. The van der Waals surface area contributed by atoms with Gasteiger partial charge in [-0.1, -0.05) is 0 Å². The molecule has 9 heteroatoms. The van der Waals surface area contributed by atoms with E-state index in [0.717, 1.165) is 14.0 Å². The molecule has 0 spiro atoms. The Morgan fingerprint density at radius 1 is 1.28 bits per heavy atom. The van der Waals surface area contributed by atoms with E-state index in [1.165, 1.54) is 0 Å². The molecule has 0 saturated heterocycles. The Bertz CT molecular complexity index is 473. The molecule has 0 aromatic carbocycles. The van der Waals surface area contributed by atoms with E-state index >= 15 is 0 Å². The van der Waals surface area contributed by atoms with Crippen molar-refractivity contribution in [3.05, 3.63) is 11.3 Å². The summed E-state index contributed by atoms with van der Waals surface area (Å²) in [6.07, 6.45) is 0.939. The molecule has 104 valence electrons. The maximum Gasteiger partial charge on any atom is 0.534 e. The van der Waals surface area contributed by atoms with Crippen molar-refractivity contribution < 1.29 is 35.3 Å². The number of hydrogen-bond donors (Lipinski definition) is 0. The average molecular weight is 288 g/mol. The third-order valence-corrected chi connectivity index (χ3v) is 3.26. The molecule has 0 heterocycles. The van der Waals surface area contributed by atoms with Gasteiger partial charge in [-0.3, -0.25) is 0 Å². The van der Waals surface area contributed by atoms with E-state index in [4.69, 9.17) is 0 Å². The first-order chi connectivity index (χ1) is 8.10. The van der Waals surface area contributed by atoms with Gasteiger partial charge in [-0.05, 0) is 19.8 Å². The van der Waals surface area contributed by atoms with Crippen LogP contribution in [-0.4, -0.2) is 27.0 Å². The molecule has 0 unspecified atom stereocenters. The highest BCUT2D eigenvalue weighted by atomic mass is 32.2. The molecular formula is C9H11F3O5S. The third kappa shape index (κ3) is 3.15. The smallest absolute Gasteiger partial charge is 0.466 e. The lowest BCUT2D eigenvalue weighted by Gasteiger charge is -2.13. The van der Waals surface area contributed by atoms with Crippen molar-refractivity contribution in [2.45, 2.75) is 25.3 Å². The first-order valence-corrected chi connectivity index (χ1v) is 6.31. The van der Waals surface area contributed by atoms with Gasteiger partial charge in [0.2, 0.25) is 0 Å². The van der Waals surface area contributed by atoms with Crippen molar-refractivity contribution in [3.63, 3.8) is 0 Å². The Kier molecular flexibility index (Phi) is 3.94. The van der Waals surface area contributed by atoms with E-state index < -0.39 is 33.3 Å². The quantitative estimate of drug-likeness (QED) is 0.259. The van der Waals surface area contributed by atoms with Crippen LogP contribution in [0.1, 0.15) is 19.8 Å². The van der Waals surface area contributed by atoms with Crippen LogP contribution < -0.4 is 0 Å². The lowest BCUT2D eigenvalue weighted by Crippen LogP contribution is -2.26. The van der Waals surface area contributed by atoms with Gasteiger partial charge in [-0.2, -0.15) is 21.6 Å². The van der Waals surface area contributed by atoms with E-state index in [1.54, 1.807) is 0 Å². The highest BCUT2D eigenvalue weighted by Crippen LogP contribution is 2.41. The predicted octanol–water partition coefficient (Wildman–Crippen LogP) is 1.71. The van der Waals surface area contributed by atoms with Gasteiger partial charge in [0.15, 0.2) is 0 Å². The third-order valence-electron chi connectivity index (χ3n) is 2.29. The molecule has 0 radical (unpaired) electrons. The van der Waals surface area contributed by atoms with Crippen molar-refractivity contribution in [2.24, 2.45) is 5.92 Å².